The molecule has 0 aliphatic carbocycles. The zero-order valence-corrected chi connectivity index (χ0v) is 6.67. The van der Waals surface area contributed by atoms with E-state index in [0.29, 0.717) is 5.88 Å². The minimum absolute atomic E-state index is 0.232. The van der Waals surface area contributed by atoms with Crippen LogP contribution in [-0.2, 0) is 4.74 Å². The first-order valence-electron chi connectivity index (χ1n) is 2.23. The third kappa shape index (κ3) is 5.75. The van der Waals surface area contributed by atoms with E-state index in [2.05, 4.69) is 21.9 Å². The minimum atomic E-state index is 0.232. The van der Waals surface area contributed by atoms with Crippen molar-refractivity contribution in [2.45, 2.75) is 0 Å². The number of hydrogen-bond donors (Lipinski definition) is 1. The number of nitrogens with two attached hydrogens (primary N) is 1. The summed E-state index contributed by atoms with van der Waals surface area (Å²) in [7, 11) is 1.48. The minimum Gasteiger partial charge on any atom is -0.473 e. The van der Waals surface area contributed by atoms with Gasteiger partial charge in [-0.1, -0.05) is 11.8 Å². The van der Waals surface area contributed by atoms with Gasteiger partial charge in [0.2, 0.25) is 0 Å². The van der Waals surface area contributed by atoms with Crippen LogP contribution < -0.4 is 5.73 Å². The van der Waals surface area contributed by atoms with E-state index in [-0.39, 0.29) is 5.17 Å². The molecule has 0 saturated heterocycles. The van der Waals surface area contributed by atoms with Crippen LogP contribution in [0.5, 0.6) is 0 Å². The fourth-order valence-electron chi connectivity index (χ4n) is 0.176. The molecule has 0 radical (unpaired) electrons. The molecule has 5 heteroatoms. The second-order valence-corrected chi connectivity index (χ2v) is 2.26. The molecule has 0 amide bonds. The first-order valence-corrected chi connectivity index (χ1v) is 3.69. The first-order chi connectivity index (χ1) is 4.31. The third-order valence-corrected chi connectivity index (χ3v) is 1.22. The molecule has 9 heavy (non-hydrogen) atoms. The Labute approximate surface area is 63.7 Å². The predicted molar refractivity (Wildman–Crippen MR) is 44.7 cm³/mol. The van der Waals surface area contributed by atoms with Crippen LogP contribution in [0.4, 0.5) is 0 Å². The Morgan fingerprint density at radius 3 is 3.11 bits per heavy atom. The Kier molecular flexibility index (Phi) is 5.91. The number of ether oxygens (including phenoxy) is 1. The molecule has 0 unspecified atom stereocenters. The molecule has 0 aromatic rings. The zero-order valence-electron chi connectivity index (χ0n) is 5.03. The summed E-state index contributed by atoms with van der Waals surface area (Å²) in [6.45, 7) is 0. The summed E-state index contributed by atoms with van der Waals surface area (Å²) in [6, 6.07) is 0. The first kappa shape index (κ1) is 8.87. The summed E-state index contributed by atoms with van der Waals surface area (Å²) in [5.74, 6) is 0.510. The average Bonchev–Trinajstić information content (AvgIpc) is 1.89. The molecule has 0 bridgehead atoms. The van der Waals surface area contributed by atoms with Crippen LogP contribution in [-0.4, -0.2) is 23.7 Å². The maximum Gasteiger partial charge on any atom is 0.283 e. The largest absolute Gasteiger partial charge is 0.473 e. The van der Waals surface area contributed by atoms with Crippen LogP contribution in [0.15, 0.2) is 4.99 Å². The molecular weight excluding hydrogens is 156 g/mol. The lowest BCUT2D eigenvalue weighted by molar-refractivity contribution is 0.409. The normalized spacial score (nSPS) is 10.0. The molecule has 0 aromatic heterocycles. The van der Waals surface area contributed by atoms with Gasteiger partial charge in [-0.05, 0) is 12.2 Å². The average molecular weight is 164 g/mol. The molecule has 0 aliphatic rings. The van der Waals surface area contributed by atoms with E-state index in [1.807, 2.05) is 0 Å². The number of aliphatic imine (C=N–C) groups is 1. The van der Waals surface area contributed by atoms with Gasteiger partial charge in [0.1, 0.15) is 0 Å². The highest BCUT2D eigenvalue weighted by Crippen LogP contribution is 1.89. The van der Waals surface area contributed by atoms with Crippen LogP contribution in [0.1, 0.15) is 0 Å². The van der Waals surface area contributed by atoms with Crippen molar-refractivity contribution in [3.63, 3.8) is 0 Å². The van der Waals surface area contributed by atoms with Gasteiger partial charge in [-0.25, -0.2) is 4.99 Å². The Balaban J connectivity index is 3.32. The Morgan fingerprint density at radius 1 is 2.00 bits per heavy atom. The Bertz CT molecular complexity index is 115. The number of methoxy groups -OCH3 is 1. The van der Waals surface area contributed by atoms with Gasteiger partial charge in [0.15, 0.2) is 0 Å². The van der Waals surface area contributed by atoms with Crippen molar-refractivity contribution in [2.75, 3.05) is 13.0 Å². The van der Waals surface area contributed by atoms with E-state index in [1.54, 1.807) is 5.55 Å². The van der Waals surface area contributed by atoms with Crippen LogP contribution >= 0.6 is 24.0 Å². The van der Waals surface area contributed by atoms with Crippen molar-refractivity contribution in [2.24, 2.45) is 10.7 Å². The third-order valence-electron chi connectivity index (χ3n) is 0.503. The fraction of sp³-hybridized carbons (Fsp3) is 0.500. The highest BCUT2D eigenvalue weighted by molar-refractivity contribution is 8.12. The van der Waals surface area contributed by atoms with E-state index in [4.69, 9.17) is 5.73 Å². The summed E-state index contributed by atoms with van der Waals surface area (Å²) in [5, 5.41) is 0.232. The molecule has 0 saturated carbocycles. The van der Waals surface area contributed by atoms with Crippen molar-refractivity contribution >= 4 is 34.7 Å². The van der Waals surface area contributed by atoms with Crippen molar-refractivity contribution in [1.82, 2.24) is 0 Å². The number of nitrogens with zero attached hydrogens (tertiary/aromatic N) is 1. The zero-order chi connectivity index (χ0) is 7.11. The summed E-state index contributed by atoms with van der Waals surface area (Å²) < 4.78 is 4.58. The molecule has 0 rings (SSSR count). The summed E-state index contributed by atoms with van der Waals surface area (Å²) in [6.07, 6.45) is 0. The van der Waals surface area contributed by atoms with Gasteiger partial charge in [0.25, 0.3) is 5.17 Å². The Hall–Kier alpha value is -0.130. The van der Waals surface area contributed by atoms with Crippen molar-refractivity contribution in [3.8, 4) is 0 Å². The van der Waals surface area contributed by atoms with Crippen LogP contribution in [0, 0.1) is 0 Å². The lowest BCUT2D eigenvalue weighted by atomic mass is 11.2. The van der Waals surface area contributed by atoms with Gasteiger partial charge >= 0.3 is 0 Å². The van der Waals surface area contributed by atoms with Gasteiger partial charge in [-0.2, -0.15) is 0 Å². The highest BCUT2D eigenvalue weighted by Gasteiger charge is 1.83. The van der Waals surface area contributed by atoms with Crippen LogP contribution in [0.25, 0.3) is 0 Å². The SMILES string of the molecule is COC(=S)N=CSCN. The molecule has 0 atom stereocenters. The summed E-state index contributed by atoms with van der Waals surface area (Å²) >= 11 is 5.96. The van der Waals surface area contributed by atoms with E-state index in [9.17, 15) is 0 Å². The second kappa shape index (κ2) is 6.00. The van der Waals surface area contributed by atoms with E-state index >= 15 is 0 Å². The maximum absolute atomic E-state index is 5.14. The number of thiocarbonyl (C=S) groups is 1. The van der Waals surface area contributed by atoms with Crippen LogP contribution in [0.3, 0.4) is 0 Å². The van der Waals surface area contributed by atoms with E-state index in [1.165, 1.54) is 18.9 Å². The predicted octanol–water partition coefficient (Wildman–Crippen LogP) is 0.595. The molecular formula is C4H8N2OS2. The lowest BCUT2D eigenvalue weighted by Gasteiger charge is -1.90. The lowest BCUT2D eigenvalue weighted by Crippen LogP contribution is -1.94. The topological polar surface area (TPSA) is 47.6 Å². The molecule has 3 nitrogen and oxygen atoms in total. The number of rotatable bonds is 2. The standard InChI is InChI=1S/C4H8N2OS2/c1-7-4(8)6-3-9-2-5/h3H,2,5H2,1H3. The number of hydrogen-bond acceptors (Lipinski definition) is 4. The van der Waals surface area contributed by atoms with Gasteiger partial charge in [-0.15, -0.1) is 0 Å². The fourth-order valence-corrected chi connectivity index (χ4v) is 0.552. The van der Waals surface area contributed by atoms with Gasteiger partial charge < -0.3 is 10.5 Å². The highest BCUT2D eigenvalue weighted by atomic mass is 32.2. The smallest absolute Gasteiger partial charge is 0.283 e. The maximum atomic E-state index is 5.14. The summed E-state index contributed by atoms with van der Waals surface area (Å²) in [4.78, 5) is 3.70. The second-order valence-electron chi connectivity index (χ2n) is 1.04. The van der Waals surface area contributed by atoms with Crippen molar-refractivity contribution in [1.29, 1.82) is 0 Å². The van der Waals surface area contributed by atoms with Crippen LogP contribution in [0.2, 0.25) is 0 Å². The molecule has 0 aliphatic heterocycles. The monoisotopic (exact) mass is 164 g/mol. The molecule has 0 spiro atoms. The van der Waals surface area contributed by atoms with Crippen molar-refractivity contribution < 1.29 is 4.74 Å². The van der Waals surface area contributed by atoms with Gasteiger partial charge in [-0.3, -0.25) is 0 Å². The number of thioether (sulfide) groups is 1. The Morgan fingerprint density at radius 2 is 2.67 bits per heavy atom. The van der Waals surface area contributed by atoms with Crippen molar-refractivity contribution in [3.05, 3.63) is 0 Å². The summed E-state index contributed by atoms with van der Waals surface area (Å²) in [5.41, 5.74) is 6.71. The molecule has 0 aromatic carbocycles. The van der Waals surface area contributed by atoms with E-state index in [0.717, 1.165) is 0 Å². The van der Waals surface area contributed by atoms with Gasteiger partial charge in [0, 0.05) is 5.88 Å². The molecule has 0 heterocycles. The molecule has 2 N–H and O–H groups in total. The molecule has 52 valence electrons. The molecule has 0 fully saturated rings. The van der Waals surface area contributed by atoms with Gasteiger partial charge in [0.05, 0.1) is 12.7 Å². The quantitative estimate of drug-likeness (QED) is 0.281. The van der Waals surface area contributed by atoms with E-state index < -0.39 is 0 Å².